The Hall–Kier alpha value is 1.59. The van der Waals surface area contributed by atoms with Gasteiger partial charge in [0.25, 0.3) is 0 Å². The van der Waals surface area contributed by atoms with Gasteiger partial charge in [0.05, 0.1) is 0 Å². The summed E-state index contributed by atoms with van der Waals surface area (Å²) < 4.78 is 7.17. The monoisotopic (exact) mass is 351 g/mol. The second kappa shape index (κ2) is 4.72. The van der Waals surface area contributed by atoms with Crippen molar-refractivity contribution in [1.29, 1.82) is 0 Å². The fourth-order valence-electron chi connectivity index (χ4n) is 0.210. The van der Waals surface area contributed by atoms with Gasteiger partial charge in [-0.25, -0.2) is 0 Å². The third-order valence-electron chi connectivity index (χ3n) is 0.452. The normalized spacial score (nSPS) is 14.0. The SMILES string of the molecule is C[Si](C)(C)[NH][Lu][NH][Si](C)(C)C. The second-order valence-electron chi connectivity index (χ2n) is 4.69. The van der Waals surface area contributed by atoms with Gasteiger partial charge in [0.1, 0.15) is 0 Å². The summed E-state index contributed by atoms with van der Waals surface area (Å²) >= 11 is 0.642. The summed E-state index contributed by atoms with van der Waals surface area (Å²) in [6, 6.07) is 0. The molecule has 0 aromatic rings. The molecule has 0 aliphatic carbocycles. The van der Waals surface area contributed by atoms with Gasteiger partial charge in [-0.3, -0.25) is 0 Å². The average Bonchev–Trinajstić information content (AvgIpc) is 1.55. The van der Waals surface area contributed by atoms with E-state index in [1.807, 2.05) is 0 Å². The molecule has 5 heteroatoms. The van der Waals surface area contributed by atoms with E-state index < -0.39 is 16.5 Å². The molecule has 0 saturated carbocycles. The zero-order chi connectivity index (χ0) is 9.12. The fraction of sp³-hybridized carbons (Fsp3) is 1.00. The molecule has 0 amide bonds. The predicted molar refractivity (Wildman–Crippen MR) is 53.0 cm³/mol. The van der Waals surface area contributed by atoms with Gasteiger partial charge in [-0.1, -0.05) is 0 Å². The van der Waals surface area contributed by atoms with Crippen LogP contribution in [0.5, 0.6) is 0 Å². The van der Waals surface area contributed by atoms with Gasteiger partial charge >= 0.3 is 92.7 Å². The van der Waals surface area contributed by atoms with Crippen molar-refractivity contribution in [1.82, 2.24) is 3.16 Å². The molecule has 0 aromatic heterocycles. The molecule has 0 bridgehead atoms. The zero-order valence-electron chi connectivity index (χ0n) is 8.26. The summed E-state index contributed by atoms with van der Waals surface area (Å²) in [7, 11) is -2.06. The predicted octanol–water partition coefficient (Wildman–Crippen LogP) is 1.75. The molecule has 2 N–H and O–H groups in total. The molecule has 0 aliphatic rings. The average molecular weight is 351 g/mol. The molecule has 2 nitrogen and oxygen atoms in total. The van der Waals surface area contributed by atoms with Crippen LogP contribution >= 0.6 is 0 Å². The van der Waals surface area contributed by atoms with Crippen LogP contribution in [0.15, 0.2) is 0 Å². The summed E-state index contributed by atoms with van der Waals surface area (Å²) in [6.45, 7) is 14.0. The molecular weight excluding hydrogens is 331 g/mol. The van der Waals surface area contributed by atoms with E-state index in [2.05, 4.69) is 42.4 Å². The summed E-state index contributed by atoms with van der Waals surface area (Å²) in [5.41, 5.74) is 0. The van der Waals surface area contributed by atoms with Crippen LogP contribution in [-0.4, -0.2) is 16.5 Å². The van der Waals surface area contributed by atoms with Gasteiger partial charge in [-0.05, 0) is 0 Å². The Balaban J connectivity index is 3.44. The van der Waals surface area contributed by atoms with Crippen LogP contribution in [0, 0.1) is 33.8 Å². The summed E-state index contributed by atoms with van der Waals surface area (Å²) in [6.07, 6.45) is 0. The first-order valence-electron chi connectivity index (χ1n) is 3.76. The van der Waals surface area contributed by atoms with Crippen molar-refractivity contribution in [3.8, 4) is 0 Å². The van der Waals surface area contributed by atoms with E-state index >= 15 is 0 Å². The maximum atomic E-state index is 3.58. The van der Waals surface area contributed by atoms with E-state index in [1.54, 1.807) is 0 Å². The molecule has 11 heavy (non-hydrogen) atoms. The Morgan fingerprint density at radius 1 is 0.727 bits per heavy atom. The van der Waals surface area contributed by atoms with Gasteiger partial charge in [-0.15, -0.1) is 0 Å². The first-order chi connectivity index (χ1) is 4.71. The fourth-order valence-corrected chi connectivity index (χ4v) is 5.39. The topological polar surface area (TPSA) is 24.1 Å². The Bertz CT molecular complexity index is 103. The van der Waals surface area contributed by atoms with E-state index in [0.29, 0.717) is 33.8 Å². The van der Waals surface area contributed by atoms with Crippen molar-refractivity contribution in [2.75, 3.05) is 0 Å². The molecule has 77 valence electrons. The van der Waals surface area contributed by atoms with Crippen LogP contribution in [0.4, 0.5) is 0 Å². The Morgan fingerprint density at radius 2 is 1.00 bits per heavy atom. The molecule has 0 atom stereocenters. The van der Waals surface area contributed by atoms with E-state index in [1.165, 1.54) is 0 Å². The molecule has 0 unspecified atom stereocenters. The zero-order valence-corrected chi connectivity index (χ0v) is 11.9. The first kappa shape index (κ1) is 12.6. The minimum absolute atomic E-state index is 0.642. The van der Waals surface area contributed by atoms with Gasteiger partial charge in [0, 0.05) is 0 Å². The van der Waals surface area contributed by atoms with Crippen LogP contribution in [0.2, 0.25) is 39.3 Å². The molecular formula is C6H20LuN2Si2. The molecule has 0 radical (unpaired) electrons. The Morgan fingerprint density at radius 3 is 1.18 bits per heavy atom. The van der Waals surface area contributed by atoms with Crippen LogP contribution in [0.1, 0.15) is 0 Å². The van der Waals surface area contributed by atoms with Crippen LogP contribution in [0.3, 0.4) is 0 Å². The van der Waals surface area contributed by atoms with Crippen LogP contribution < -0.4 is 3.16 Å². The third kappa shape index (κ3) is 11.6. The van der Waals surface area contributed by atoms with Crippen LogP contribution in [0.25, 0.3) is 0 Å². The quantitative estimate of drug-likeness (QED) is 0.754. The minimum atomic E-state index is -1.03. The van der Waals surface area contributed by atoms with Gasteiger partial charge in [-0.2, -0.15) is 0 Å². The molecule has 0 aliphatic heterocycles. The molecule has 0 aromatic carbocycles. The molecule has 0 rings (SSSR count). The van der Waals surface area contributed by atoms with Crippen molar-refractivity contribution in [2.45, 2.75) is 39.3 Å². The van der Waals surface area contributed by atoms with Crippen molar-refractivity contribution in [3.05, 3.63) is 0 Å². The van der Waals surface area contributed by atoms with Gasteiger partial charge in [0.2, 0.25) is 0 Å². The van der Waals surface area contributed by atoms with Crippen molar-refractivity contribution >= 4 is 16.5 Å². The van der Waals surface area contributed by atoms with Crippen molar-refractivity contribution < 1.29 is 33.8 Å². The summed E-state index contributed by atoms with van der Waals surface area (Å²) in [5.74, 6) is 0. The van der Waals surface area contributed by atoms with E-state index in [-0.39, 0.29) is 0 Å². The van der Waals surface area contributed by atoms with Crippen LogP contribution in [-0.2, 0) is 0 Å². The number of hydrogen-bond donors (Lipinski definition) is 2. The molecule has 0 saturated heterocycles. The molecule has 0 fully saturated rings. The number of rotatable bonds is 4. The molecule has 0 heterocycles. The first-order valence-corrected chi connectivity index (χ1v) is 12.4. The second-order valence-corrected chi connectivity index (χ2v) is 16.9. The standard InChI is InChI=1S/2C3H10NSi.Lu/c2*1-5(2,3)4;/h2*4H,1-3H3;/q2*-1;+2. The van der Waals surface area contributed by atoms with Gasteiger partial charge in [0.15, 0.2) is 0 Å². The van der Waals surface area contributed by atoms with E-state index in [9.17, 15) is 0 Å². The van der Waals surface area contributed by atoms with Crippen molar-refractivity contribution in [2.24, 2.45) is 0 Å². The molecule has 0 spiro atoms. The van der Waals surface area contributed by atoms with E-state index in [4.69, 9.17) is 0 Å². The number of hydrogen-bond acceptors (Lipinski definition) is 2. The maximum absolute atomic E-state index is 3.58. The van der Waals surface area contributed by atoms with Gasteiger partial charge < -0.3 is 0 Å². The Labute approximate surface area is 91.7 Å². The van der Waals surface area contributed by atoms with E-state index in [0.717, 1.165) is 0 Å². The summed E-state index contributed by atoms with van der Waals surface area (Å²) in [4.78, 5) is 0. The third-order valence-corrected chi connectivity index (χ3v) is 10.1. The Kier molecular flexibility index (Phi) is 5.40. The summed E-state index contributed by atoms with van der Waals surface area (Å²) in [5, 5.41) is 0. The number of nitrogens with one attached hydrogen (secondary N) is 2. The van der Waals surface area contributed by atoms with Crippen molar-refractivity contribution in [3.63, 3.8) is 0 Å².